The lowest BCUT2D eigenvalue weighted by Gasteiger charge is -2.23. The Labute approximate surface area is 132 Å². The zero-order valence-electron chi connectivity index (χ0n) is 13.4. The average Bonchev–Trinajstić information content (AvgIpc) is 2.53. The van der Waals surface area contributed by atoms with Crippen LogP contribution in [0.25, 0.3) is 0 Å². The van der Waals surface area contributed by atoms with Crippen LogP contribution < -0.4 is 4.74 Å². The van der Waals surface area contributed by atoms with Crippen molar-refractivity contribution in [3.8, 4) is 5.75 Å². The van der Waals surface area contributed by atoms with E-state index in [2.05, 4.69) is 0 Å². The summed E-state index contributed by atoms with van der Waals surface area (Å²) >= 11 is 0. The molecule has 2 unspecified atom stereocenters. The summed E-state index contributed by atoms with van der Waals surface area (Å²) in [4.78, 5) is 0. The van der Waals surface area contributed by atoms with Gasteiger partial charge in [0.15, 0.2) is 0 Å². The predicted octanol–water partition coefficient (Wildman–Crippen LogP) is 3.20. The van der Waals surface area contributed by atoms with Crippen LogP contribution in [-0.4, -0.2) is 23.9 Å². The van der Waals surface area contributed by atoms with E-state index in [1.165, 1.54) is 5.56 Å². The minimum absolute atomic E-state index is 0.0550. The molecule has 2 N–H and O–H groups in total. The molecule has 0 radical (unpaired) electrons. The molecule has 0 fully saturated rings. The molecule has 0 saturated carbocycles. The lowest BCUT2D eigenvalue weighted by Crippen LogP contribution is -2.20. The molecule has 3 nitrogen and oxygen atoms in total. The van der Waals surface area contributed by atoms with Gasteiger partial charge in [-0.15, -0.1) is 0 Å². The Kier molecular flexibility index (Phi) is 5.58. The maximum atomic E-state index is 10.6. The molecular weight excluding hydrogens is 276 g/mol. The summed E-state index contributed by atoms with van der Waals surface area (Å²) in [5.41, 5.74) is 4.13. The van der Waals surface area contributed by atoms with Gasteiger partial charge in [0.1, 0.15) is 5.75 Å². The summed E-state index contributed by atoms with van der Waals surface area (Å²) < 4.78 is 5.25. The summed E-state index contributed by atoms with van der Waals surface area (Å²) in [6, 6.07) is 13.7. The minimum atomic E-state index is -0.700. The van der Waals surface area contributed by atoms with Crippen molar-refractivity contribution in [2.24, 2.45) is 5.92 Å². The van der Waals surface area contributed by atoms with Crippen LogP contribution >= 0.6 is 0 Å². The number of aryl methyl sites for hydroxylation is 2. The Morgan fingerprint density at radius 3 is 2.36 bits per heavy atom. The topological polar surface area (TPSA) is 49.7 Å². The molecular formula is C19H24O3. The highest BCUT2D eigenvalue weighted by Gasteiger charge is 2.22. The van der Waals surface area contributed by atoms with Crippen LogP contribution in [0.2, 0.25) is 0 Å². The van der Waals surface area contributed by atoms with E-state index >= 15 is 0 Å². The molecule has 0 aliphatic heterocycles. The van der Waals surface area contributed by atoms with Gasteiger partial charge in [-0.2, -0.15) is 0 Å². The number of benzene rings is 2. The second kappa shape index (κ2) is 7.43. The number of methoxy groups -OCH3 is 1. The van der Waals surface area contributed by atoms with Crippen molar-refractivity contribution >= 4 is 0 Å². The molecule has 0 spiro atoms. The highest BCUT2D eigenvalue weighted by molar-refractivity contribution is 5.37. The van der Waals surface area contributed by atoms with Crippen molar-refractivity contribution in [1.82, 2.24) is 0 Å². The Balaban J connectivity index is 2.20. The second-order valence-electron chi connectivity index (χ2n) is 5.75. The van der Waals surface area contributed by atoms with Gasteiger partial charge in [0, 0.05) is 12.5 Å². The molecule has 0 aliphatic carbocycles. The number of hydrogen-bond acceptors (Lipinski definition) is 3. The van der Waals surface area contributed by atoms with Gasteiger partial charge in [0.2, 0.25) is 0 Å². The van der Waals surface area contributed by atoms with E-state index in [0.717, 1.165) is 22.4 Å². The van der Waals surface area contributed by atoms with Crippen LogP contribution in [0.4, 0.5) is 0 Å². The third-order valence-electron chi connectivity index (χ3n) is 4.18. The molecule has 0 bridgehead atoms. The molecule has 22 heavy (non-hydrogen) atoms. The lowest BCUT2D eigenvalue weighted by molar-refractivity contribution is 0.0667. The summed E-state index contributed by atoms with van der Waals surface area (Å²) in [6.45, 7) is 3.94. The maximum Gasteiger partial charge on any atom is 0.121 e. The highest BCUT2D eigenvalue weighted by atomic mass is 16.5. The summed E-state index contributed by atoms with van der Waals surface area (Å²) in [5, 5.41) is 20.3. The van der Waals surface area contributed by atoms with Gasteiger partial charge >= 0.3 is 0 Å². The Bertz CT molecular complexity index is 622. The quantitative estimate of drug-likeness (QED) is 0.861. The molecule has 2 atom stereocenters. The summed E-state index contributed by atoms with van der Waals surface area (Å²) in [7, 11) is 1.63. The first kappa shape index (κ1) is 16.5. The van der Waals surface area contributed by atoms with Crippen LogP contribution in [0, 0.1) is 19.8 Å². The van der Waals surface area contributed by atoms with E-state index in [1.807, 2.05) is 56.3 Å². The van der Waals surface area contributed by atoms with Gasteiger partial charge in [0.05, 0.1) is 13.2 Å². The Morgan fingerprint density at radius 2 is 1.77 bits per heavy atom. The fourth-order valence-corrected chi connectivity index (χ4v) is 2.76. The SMILES string of the molecule is COc1ccc(C(O)C(CO)Cc2ccccc2C)cc1C. The van der Waals surface area contributed by atoms with Crippen molar-refractivity contribution in [3.05, 3.63) is 64.7 Å². The van der Waals surface area contributed by atoms with Crippen LogP contribution in [0.3, 0.4) is 0 Å². The fourth-order valence-electron chi connectivity index (χ4n) is 2.76. The van der Waals surface area contributed by atoms with Crippen LogP contribution in [0.1, 0.15) is 28.4 Å². The molecule has 3 heteroatoms. The molecule has 118 valence electrons. The first-order chi connectivity index (χ1) is 10.6. The van der Waals surface area contributed by atoms with E-state index in [4.69, 9.17) is 4.74 Å². The predicted molar refractivity (Wildman–Crippen MR) is 88.1 cm³/mol. The highest BCUT2D eigenvalue weighted by Crippen LogP contribution is 2.29. The number of aliphatic hydroxyl groups excluding tert-OH is 2. The largest absolute Gasteiger partial charge is 0.496 e. The van der Waals surface area contributed by atoms with Gasteiger partial charge in [-0.1, -0.05) is 30.3 Å². The van der Waals surface area contributed by atoms with E-state index in [0.29, 0.717) is 6.42 Å². The Hall–Kier alpha value is -1.84. The number of hydrogen-bond donors (Lipinski definition) is 2. The molecule has 0 heterocycles. The molecule has 0 aliphatic rings. The van der Waals surface area contributed by atoms with E-state index in [9.17, 15) is 10.2 Å². The van der Waals surface area contributed by atoms with Gasteiger partial charge in [-0.25, -0.2) is 0 Å². The lowest BCUT2D eigenvalue weighted by atomic mass is 9.88. The van der Waals surface area contributed by atoms with Gasteiger partial charge in [-0.05, 0) is 54.7 Å². The normalized spacial score (nSPS) is 13.7. The van der Waals surface area contributed by atoms with Gasteiger partial charge in [-0.3, -0.25) is 0 Å². The van der Waals surface area contributed by atoms with Crippen molar-refractivity contribution in [3.63, 3.8) is 0 Å². The molecule has 2 aromatic carbocycles. The van der Waals surface area contributed by atoms with Crippen LogP contribution in [0.5, 0.6) is 5.75 Å². The smallest absolute Gasteiger partial charge is 0.121 e. The second-order valence-corrected chi connectivity index (χ2v) is 5.75. The van der Waals surface area contributed by atoms with Crippen molar-refractivity contribution in [2.45, 2.75) is 26.4 Å². The average molecular weight is 300 g/mol. The zero-order valence-corrected chi connectivity index (χ0v) is 13.4. The van der Waals surface area contributed by atoms with E-state index in [-0.39, 0.29) is 12.5 Å². The third-order valence-corrected chi connectivity index (χ3v) is 4.18. The molecule has 2 rings (SSSR count). The molecule has 2 aromatic rings. The number of rotatable bonds is 6. The van der Waals surface area contributed by atoms with Crippen LogP contribution in [-0.2, 0) is 6.42 Å². The summed E-state index contributed by atoms with van der Waals surface area (Å²) in [5.74, 6) is 0.573. The molecule has 0 saturated heterocycles. The summed E-state index contributed by atoms with van der Waals surface area (Å²) in [6.07, 6.45) is -0.0516. The van der Waals surface area contributed by atoms with E-state index in [1.54, 1.807) is 7.11 Å². The number of aliphatic hydroxyl groups is 2. The number of ether oxygens (including phenoxy) is 1. The zero-order chi connectivity index (χ0) is 16.1. The van der Waals surface area contributed by atoms with Crippen molar-refractivity contribution in [1.29, 1.82) is 0 Å². The maximum absolute atomic E-state index is 10.6. The van der Waals surface area contributed by atoms with E-state index < -0.39 is 6.10 Å². The van der Waals surface area contributed by atoms with Gasteiger partial charge in [0.25, 0.3) is 0 Å². The third kappa shape index (κ3) is 3.67. The monoisotopic (exact) mass is 300 g/mol. The molecule has 0 amide bonds. The first-order valence-corrected chi connectivity index (χ1v) is 7.54. The first-order valence-electron chi connectivity index (χ1n) is 7.54. The standard InChI is InChI=1S/C19H24O3/c1-13-6-4-5-7-15(13)11-17(12-20)19(21)16-8-9-18(22-3)14(2)10-16/h4-10,17,19-21H,11-12H2,1-3H3. The molecule has 0 aromatic heterocycles. The van der Waals surface area contributed by atoms with Crippen molar-refractivity contribution < 1.29 is 14.9 Å². The minimum Gasteiger partial charge on any atom is -0.496 e. The fraction of sp³-hybridized carbons (Fsp3) is 0.368. The van der Waals surface area contributed by atoms with Crippen molar-refractivity contribution in [2.75, 3.05) is 13.7 Å². The van der Waals surface area contributed by atoms with Crippen LogP contribution in [0.15, 0.2) is 42.5 Å². The Morgan fingerprint density at radius 1 is 1.05 bits per heavy atom. The van der Waals surface area contributed by atoms with Gasteiger partial charge < -0.3 is 14.9 Å².